The van der Waals surface area contributed by atoms with E-state index in [9.17, 15) is 0 Å². The molecule has 2 aromatic carbocycles. The average Bonchev–Trinajstić information content (AvgIpc) is 2.54. The first-order valence-corrected chi connectivity index (χ1v) is 6.61. The minimum Gasteiger partial charge on any atom is -0.256 e. The highest BCUT2D eigenvalue weighted by Gasteiger charge is 2.02. The number of nitrogens with zero attached hydrogens (tertiary/aromatic N) is 2. The van der Waals surface area contributed by atoms with Crippen LogP contribution in [0.1, 0.15) is 0 Å². The molecule has 0 atom stereocenters. The smallest absolute Gasteiger partial charge is 0.0709 e. The van der Waals surface area contributed by atoms with E-state index in [0.717, 1.165) is 27.7 Å². The van der Waals surface area contributed by atoms with Crippen molar-refractivity contribution in [2.45, 2.75) is 0 Å². The molecular weight excluding hydrogens is 244 g/mol. The van der Waals surface area contributed by atoms with Crippen LogP contribution in [0.4, 0.5) is 0 Å². The molecule has 0 fully saturated rings. The molecular formula is C18H12N2. The van der Waals surface area contributed by atoms with E-state index < -0.39 is 0 Å². The molecule has 0 aliphatic heterocycles. The molecule has 0 aliphatic carbocycles. The van der Waals surface area contributed by atoms with Gasteiger partial charge in [0.1, 0.15) is 0 Å². The molecule has 4 rings (SSSR count). The van der Waals surface area contributed by atoms with Crippen LogP contribution in [0.2, 0.25) is 0 Å². The lowest BCUT2D eigenvalue weighted by molar-refractivity contribution is 1.39. The van der Waals surface area contributed by atoms with E-state index >= 15 is 0 Å². The summed E-state index contributed by atoms with van der Waals surface area (Å²) in [5.74, 6) is 0. The second kappa shape index (κ2) is 4.42. The minimum atomic E-state index is 0.995. The number of fused-ring (bicyclic) bond motifs is 2. The molecule has 0 spiro atoms. The zero-order valence-electron chi connectivity index (χ0n) is 10.8. The molecule has 0 radical (unpaired) electrons. The van der Waals surface area contributed by atoms with Gasteiger partial charge in [-0.25, -0.2) is 4.98 Å². The zero-order valence-corrected chi connectivity index (χ0v) is 10.8. The van der Waals surface area contributed by atoms with Gasteiger partial charge in [0.25, 0.3) is 0 Å². The van der Waals surface area contributed by atoms with Crippen LogP contribution in [-0.4, -0.2) is 9.97 Å². The van der Waals surface area contributed by atoms with Crippen LogP contribution in [0.15, 0.2) is 72.9 Å². The minimum absolute atomic E-state index is 0.995. The number of pyridine rings is 2. The highest BCUT2D eigenvalue weighted by molar-refractivity contribution is 5.86. The summed E-state index contributed by atoms with van der Waals surface area (Å²) in [7, 11) is 0. The number of benzene rings is 2. The number of hydrogen-bond acceptors (Lipinski definition) is 2. The molecule has 20 heavy (non-hydrogen) atoms. The van der Waals surface area contributed by atoms with E-state index in [1.807, 2.05) is 36.5 Å². The molecule has 0 saturated carbocycles. The largest absolute Gasteiger partial charge is 0.256 e. The summed E-state index contributed by atoms with van der Waals surface area (Å²) < 4.78 is 0. The topological polar surface area (TPSA) is 25.8 Å². The average molecular weight is 256 g/mol. The highest BCUT2D eigenvalue weighted by atomic mass is 14.7. The monoisotopic (exact) mass is 256 g/mol. The Kier molecular flexibility index (Phi) is 2.46. The van der Waals surface area contributed by atoms with Gasteiger partial charge in [-0.05, 0) is 30.3 Å². The van der Waals surface area contributed by atoms with Gasteiger partial charge in [0, 0.05) is 22.5 Å². The number of para-hydroxylation sites is 1. The van der Waals surface area contributed by atoms with Gasteiger partial charge in [-0.3, -0.25) is 4.98 Å². The van der Waals surface area contributed by atoms with E-state index in [2.05, 4.69) is 41.4 Å². The molecule has 0 aliphatic rings. The Balaban J connectivity index is 1.91. The molecule has 2 heterocycles. The molecule has 0 saturated heterocycles. The maximum atomic E-state index is 4.73. The molecule has 2 nitrogen and oxygen atoms in total. The molecule has 2 heteroatoms. The Morgan fingerprint density at radius 2 is 1.55 bits per heavy atom. The van der Waals surface area contributed by atoms with Gasteiger partial charge >= 0.3 is 0 Å². The first-order valence-electron chi connectivity index (χ1n) is 6.61. The normalized spacial score (nSPS) is 11.0. The summed E-state index contributed by atoms with van der Waals surface area (Å²) >= 11 is 0. The Morgan fingerprint density at radius 1 is 0.650 bits per heavy atom. The van der Waals surface area contributed by atoms with Gasteiger partial charge in [-0.15, -0.1) is 0 Å². The van der Waals surface area contributed by atoms with Crippen molar-refractivity contribution in [3.05, 3.63) is 72.9 Å². The molecule has 2 aromatic heterocycles. The van der Waals surface area contributed by atoms with Gasteiger partial charge in [0.2, 0.25) is 0 Å². The second-order valence-electron chi connectivity index (χ2n) is 4.80. The van der Waals surface area contributed by atoms with Crippen molar-refractivity contribution >= 4 is 21.8 Å². The molecule has 0 bridgehead atoms. The maximum Gasteiger partial charge on any atom is 0.0709 e. The fourth-order valence-corrected chi connectivity index (χ4v) is 2.46. The van der Waals surface area contributed by atoms with E-state index in [-0.39, 0.29) is 0 Å². The SMILES string of the molecule is c1cnc2ccc(-c3ccc4ccccc4n3)cc2c1. The number of rotatable bonds is 1. The van der Waals surface area contributed by atoms with Crippen LogP contribution >= 0.6 is 0 Å². The first kappa shape index (κ1) is 11.1. The van der Waals surface area contributed by atoms with Crippen LogP contribution in [0, 0.1) is 0 Å². The van der Waals surface area contributed by atoms with Crippen molar-refractivity contribution in [3.63, 3.8) is 0 Å². The quantitative estimate of drug-likeness (QED) is 0.503. The van der Waals surface area contributed by atoms with Crippen LogP contribution in [0.5, 0.6) is 0 Å². The summed E-state index contributed by atoms with van der Waals surface area (Å²) in [4.78, 5) is 9.08. The van der Waals surface area contributed by atoms with E-state index in [1.165, 1.54) is 5.39 Å². The van der Waals surface area contributed by atoms with Crippen molar-refractivity contribution in [1.82, 2.24) is 9.97 Å². The molecule has 4 aromatic rings. The number of aromatic nitrogens is 2. The van der Waals surface area contributed by atoms with Gasteiger partial charge in [0.15, 0.2) is 0 Å². The second-order valence-corrected chi connectivity index (χ2v) is 4.80. The highest BCUT2D eigenvalue weighted by Crippen LogP contribution is 2.24. The van der Waals surface area contributed by atoms with Gasteiger partial charge in [-0.2, -0.15) is 0 Å². The summed E-state index contributed by atoms with van der Waals surface area (Å²) in [6.45, 7) is 0. The van der Waals surface area contributed by atoms with Crippen molar-refractivity contribution in [3.8, 4) is 11.3 Å². The third-order valence-corrected chi connectivity index (χ3v) is 3.50. The van der Waals surface area contributed by atoms with Crippen molar-refractivity contribution in [1.29, 1.82) is 0 Å². The first-order chi connectivity index (χ1) is 9.90. The fraction of sp³-hybridized carbons (Fsp3) is 0. The van der Waals surface area contributed by atoms with Crippen LogP contribution in [0.25, 0.3) is 33.1 Å². The van der Waals surface area contributed by atoms with Crippen molar-refractivity contribution in [2.75, 3.05) is 0 Å². The summed E-state index contributed by atoms with van der Waals surface area (Å²) in [5.41, 5.74) is 4.15. The van der Waals surface area contributed by atoms with Crippen molar-refractivity contribution < 1.29 is 0 Å². The predicted molar refractivity (Wildman–Crippen MR) is 82.5 cm³/mol. The molecule has 0 amide bonds. The predicted octanol–water partition coefficient (Wildman–Crippen LogP) is 4.45. The molecule has 0 unspecified atom stereocenters. The lowest BCUT2D eigenvalue weighted by Gasteiger charge is -2.04. The Hall–Kier alpha value is -2.74. The molecule has 0 N–H and O–H groups in total. The van der Waals surface area contributed by atoms with Gasteiger partial charge in [-0.1, -0.05) is 36.4 Å². The van der Waals surface area contributed by atoms with Crippen LogP contribution in [-0.2, 0) is 0 Å². The van der Waals surface area contributed by atoms with E-state index in [4.69, 9.17) is 4.98 Å². The third-order valence-electron chi connectivity index (χ3n) is 3.50. The van der Waals surface area contributed by atoms with Crippen LogP contribution in [0.3, 0.4) is 0 Å². The van der Waals surface area contributed by atoms with Crippen molar-refractivity contribution in [2.24, 2.45) is 0 Å². The summed E-state index contributed by atoms with van der Waals surface area (Å²) in [5, 5.41) is 2.30. The Morgan fingerprint density at radius 3 is 2.55 bits per heavy atom. The summed E-state index contributed by atoms with van der Waals surface area (Å²) in [6.07, 6.45) is 1.82. The summed E-state index contributed by atoms with van der Waals surface area (Å²) in [6, 6.07) is 22.7. The standard InChI is InChI=1S/C18H12N2/c1-2-6-17-13(4-1)7-10-18(20-17)15-8-9-16-14(12-15)5-3-11-19-16/h1-12H. The van der Waals surface area contributed by atoms with E-state index in [1.54, 1.807) is 0 Å². The fourth-order valence-electron chi connectivity index (χ4n) is 2.46. The third kappa shape index (κ3) is 1.82. The number of hydrogen-bond donors (Lipinski definition) is 0. The molecule has 94 valence electrons. The van der Waals surface area contributed by atoms with E-state index in [0.29, 0.717) is 0 Å². The Labute approximate surface area is 116 Å². The van der Waals surface area contributed by atoms with Gasteiger partial charge < -0.3 is 0 Å². The lowest BCUT2D eigenvalue weighted by atomic mass is 10.1. The Bertz CT molecular complexity index is 836. The van der Waals surface area contributed by atoms with Crippen LogP contribution < -0.4 is 0 Å². The zero-order chi connectivity index (χ0) is 13.4. The maximum absolute atomic E-state index is 4.73. The lowest BCUT2D eigenvalue weighted by Crippen LogP contribution is -1.86. The van der Waals surface area contributed by atoms with Gasteiger partial charge in [0.05, 0.1) is 16.7 Å².